The Morgan fingerprint density at radius 1 is 1.42 bits per heavy atom. The van der Waals surface area contributed by atoms with Crippen molar-refractivity contribution in [3.63, 3.8) is 0 Å². The maximum atomic E-state index is 13.7. The van der Waals surface area contributed by atoms with Crippen molar-refractivity contribution in [1.29, 1.82) is 0 Å². The molecule has 106 valence electrons. The Hall–Kier alpha value is -1.62. The standard InChI is InChI=1S/C14H21FN2O2/c1-16-10-11-6-4-7-12(15)14(11)19-9-5-8-13(18)17(2)3/h4,6-7,16H,5,8-10H2,1-3H3. The Morgan fingerprint density at radius 2 is 2.16 bits per heavy atom. The van der Waals surface area contributed by atoms with E-state index in [4.69, 9.17) is 4.74 Å². The van der Waals surface area contributed by atoms with Gasteiger partial charge in [-0.2, -0.15) is 0 Å². The van der Waals surface area contributed by atoms with Crippen molar-refractivity contribution in [3.8, 4) is 5.75 Å². The van der Waals surface area contributed by atoms with E-state index in [0.717, 1.165) is 5.56 Å². The van der Waals surface area contributed by atoms with Crippen LogP contribution in [0.1, 0.15) is 18.4 Å². The molecule has 0 aliphatic rings. The SMILES string of the molecule is CNCc1cccc(F)c1OCCCC(=O)N(C)C. The fourth-order valence-electron chi connectivity index (χ4n) is 1.67. The highest BCUT2D eigenvalue weighted by molar-refractivity contribution is 5.75. The Kier molecular flexibility index (Phi) is 6.29. The first-order valence-electron chi connectivity index (χ1n) is 6.31. The summed E-state index contributed by atoms with van der Waals surface area (Å²) in [4.78, 5) is 12.9. The van der Waals surface area contributed by atoms with E-state index in [2.05, 4.69) is 5.32 Å². The highest BCUT2D eigenvalue weighted by atomic mass is 19.1. The molecule has 0 spiro atoms. The largest absolute Gasteiger partial charge is 0.490 e. The Balaban J connectivity index is 2.51. The van der Waals surface area contributed by atoms with E-state index >= 15 is 0 Å². The van der Waals surface area contributed by atoms with Crippen LogP contribution in [-0.4, -0.2) is 38.6 Å². The highest BCUT2D eigenvalue weighted by Gasteiger charge is 2.10. The van der Waals surface area contributed by atoms with Crippen LogP contribution < -0.4 is 10.1 Å². The molecule has 19 heavy (non-hydrogen) atoms. The van der Waals surface area contributed by atoms with Gasteiger partial charge in [0.1, 0.15) is 0 Å². The smallest absolute Gasteiger partial charge is 0.222 e. The van der Waals surface area contributed by atoms with Crippen molar-refractivity contribution in [3.05, 3.63) is 29.6 Å². The molecule has 4 nitrogen and oxygen atoms in total. The summed E-state index contributed by atoms with van der Waals surface area (Å²) in [7, 11) is 5.22. The molecule has 0 aromatic heterocycles. The van der Waals surface area contributed by atoms with Crippen LogP contribution in [0.4, 0.5) is 4.39 Å². The Labute approximate surface area is 113 Å². The lowest BCUT2D eigenvalue weighted by Crippen LogP contribution is -2.21. The summed E-state index contributed by atoms with van der Waals surface area (Å²) in [5.74, 6) is -0.0478. The fourth-order valence-corrected chi connectivity index (χ4v) is 1.67. The summed E-state index contributed by atoms with van der Waals surface area (Å²) in [6.07, 6.45) is 0.979. The molecule has 1 N–H and O–H groups in total. The number of halogens is 1. The molecule has 0 unspecified atom stereocenters. The second-order valence-electron chi connectivity index (χ2n) is 4.50. The molecule has 0 saturated carbocycles. The van der Waals surface area contributed by atoms with Crippen LogP contribution in [-0.2, 0) is 11.3 Å². The van der Waals surface area contributed by atoms with Crippen LogP contribution in [0, 0.1) is 5.82 Å². The zero-order valence-corrected chi connectivity index (χ0v) is 11.7. The summed E-state index contributed by atoms with van der Waals surface area (Å²) in [5.41, 5.74) is 0.779. The lowest BCUT2D eigenvalue weighted by molar-refractivity contribution is -0.128. The van der Waals surface area contributed by atoms with Gasteiger partial charge < -0.3 is 15.0 Å². The highest BCUT2D eigenvalue weighted by Crippen LogP contribution is 2.22. The number of nitrogens with one attached hydrogen (secondary N) is 1. The van der Waals surface area contributed by atoms with Gasteiger partial charge in [0.15, 0.2) is 11.6 Å². The van der Waals surface area contributed by atoms with E-state index in [1.807, 2.05) is 6.07 Å². The summed E-state index contributed by atoms with van der Waals surface area (Å²) >= 11 is 0. The predicted molar refractivity (Wildman–Crippen MR) is 72.6 cm³/mol. The molecule has 1 rings (SSSR count). The van der Waals surface area contributed by atoms with Crippen LogP contribution in [0.25, 0.3) is 0 Å². The van der Waals surface area contributed by atoms with Crippen molar-refractivity contribution in [2.75, 3.05) is 27.7 Å². The van der Waals surface area contributed by atoms with Crippen molar-refractivity contribution >= 4 is 5.91 Å². The lowest BCUT2D eigenvalue weighted by atomic mass is 10.2. The first-order valence-corrected chi connectivity index (χ1v) is 6.31. The third kappa shape index (κ3) is 4.87. The number of rotatable bonds is 7. The van der Waals surface area contributed by atoms with E-state index in [9.17, 15) is 9.18 Å². The zero-order valence-electron chi connectivity index (χ0n) is 11.7. The van der Waals surface area contributed by atoms with E-state index < -0.39 is 0 Å². The van der Waals surface area contributed by atoms with Gasteiger partial charge in [-0.05, 0) is 19.5 Å². The average molecular weight is 268 g/mol. The fraction of sp³-hybridized carbons (Fsp3) is 0.500. The van der Waals surface area contributed by atoms with Crippen molar-refractivity contribution in [2.24, 2.45) is 0 Å². The summed E-state index contributed by atoms with van der Waals surface area (Å²) < 4.78 is 19.1. The zero-order chi connectivity index (χ0) is 14.3. The molecule has 5 heteroatoms. The summed E-state index contributed by atoms with van der Waals surface area (Å²) in [6, 6.07) is 4.85. The Morgan fingerprint density at radius 3 is 2.79 bits per heavy atom. The lowest BCUT2D eigenvalue weighted by Gasteiger charge is -2.13. The molecule has 0 aliphatic carbocycles. The van der Waals surface area contributed by atoms with Gasteiger partial charge in [-0.25, -0.2) is 4.39 Å². The summed E-state index contributed by atoms with van der Waals surface area (Å²) in [6.45, 7) is 0.876. The maximum Gasteiger partial charge on any atom is 0.222 e. The number of benzene rings is 1. The molecule has 0 atom stereocenters. The van der Waals surface area contributed by atoms with E-state index in [0.29, 0.717) is 26.0 Å². The van der Waals surface area contributed by atoms with Crippen LogP contribution >= 0.6 is 0 Å². The van der Waals surface area contributed by atoms with Gasteiger partial charge in [0.25, 0.3) is 0 Å². The number of ether oxygens (including phenoxy) is 1. The van der Waals surface area contributed by atoms with Crippen LogP contribution in [0.5, 0.6) is 5.75 Å². The minimum absolute atomic E-state index is 0.0487. The second-order valence-corrected chi connectivity index (χ2v) is 4.50. The molecule has 1 aromatic carbocycles. The minimum atomic E-state index is -0.369. The van der Waals surface area contributed by atoms with Gasteiger partial charge in [-0.1, -0.05) is 12.1 Å². The van der Waals surface area contributed by atoms with Gasteiger partial charge in [0.05, 0.1) is 6.61 Å². The molecule has 0 aliphatic heterocycles. The molecule has 0 radical (unpaired) electrons. The van der Waals surface area contributed by atoms with Gasteiger partial charge in [-0.15, -0.1) is 0 Å². The van der Waals surface area contributed by atoms with E-state index in [-0.39, 0.29) is 17.5 Å². The minimum Gasteiger partial charge on any atom is -0.490 e. The topological polar surface area (TPSA) is 41.6 Å². The maximum absolute atomic E-state index is 13.7. The first-order chi connectivity index (χ1) is 9.06. The predicted octanol–water partition coefficient (Wildman–Crippen LogP) is 1.79. The van der Waals surface area contributed by atoms with Crippen molar-refractivity contribution < 1.29 is 13.9 Å². The molecule has 0 saturated heterocycles. The van der Waals surface area contributed by atoms with E-state index in [1.165, 1.54) is 11.0 Å². The van der Waals surface area contributed by atoms with Crippen LogP contribution in [0.15, 0.2) is 18.2 Å². The average Bonchev–Trinajstić information content (AvgIpc) is 2.37. The normalized spacial score (nSPS) is 10.3. The monoisotopic (exact) mass is 268 g/mol. The third-order valence-corrected chi connectivity index (χ3v) is 2.70. The molecular formula is C14H21FN2O2. The number of carbonyl (C=O) groups is 1. The molecular weight excluding hydrogens is 247 g/mol. The number of nitrogens with zero attached hydrogens (tertiary/aromatic N) is 1. The van der Waals surface area contributed by atoms with Crippen molar-refractivity contribution in [2.45, 2.75) is 19.4 Å². The molecule has 0 heterocycles. The van der Waals surface area contributed by atoms with Gasteiger partial charge in [0, 0.05) is 32.6 Å². The van der Waals surface area contributed by atoms with Gasteiger partial charge in [0.2, 0.25) is 5.91 Å². The number of para-hydroxylation sites is 1. The molecule has 1 amide bonds. The second kappa shape index (κ2) is 7.74. The number of hydrogen-bond donors (Lipinski definition) is 1. The van der Waals surface area contributed by atoms with Crippen LogP contribution in [0.2, 0.25) is 0 Å². The van der Waals surface area contributed by atoms with Gasteiger partial charge in [-0.3, -0.25) is 4.79 Å². The van der Waals surface area contributed by atoms with Gasteiger partial charge >= 0.3 is 0 Å². The Bertz CT molecular complexity index is 422. The number of hydrogen-bond acceptors (Lipinski definition) is 3. The summed E-state index contributed by atoms with van der Waals surface area (Å²) in [5, 5.41) is 2.97. The first kappa shape index (κ1) is 15.4. The third-order valence-electron chi connectivity index (χ3n) is 2.70. The van der Waals surface area contributed by atoms with E-state index in [1.54, 1.807) is 27.2 Å². The molecule has 1 aromatic rings. The number of carbonyl (C=O) groups excluding carboxylic acids is 1. The molecule has 0 bridgehead atoms. The quantitative estimate of drug-likeness (QED) is 0.767. The van der Waals surface area contributed by atoms with Crippen molar-refractivity contribution in [1.82, 2.24) is 10.2 Å². The number of amides is 1. The van der Waals surface area contributed by atoms with Crippen LogP contribution in [0.3, 0.4) is 0 Å². The molecule has 0 fully saturated rings.